The Morgan fingerprint density at radius 1 is 1.14 bits per heavy atom. The van der Waals surface area contributed by atoms with Crippen LogP contribution in [-0.4, -0.2) is 67.4 Å². The first-order valence-corrected chi connectivity index (χ1v) is 10.7. The molecule has 28 heavy (non-hydrogen) atoms. The summed E-state index contributed by atoms with van der Waals surface area (Å²) in [6.45, 7) is 9.98. The van der Waals surface area contributed by atoms with Crippen LogP contribution in [0.3, 0.4) is 0 Å². The summed E-state index contributed by atoms with van der Waals surface area (Å²) in [6, 6.07) is 3.70. The van der Waals surface area contributed by atoms with Gasteiger partial charge in [0, 0.05) is 19.6 Å². The Labute approximate surface area is 168 Å². The van der Waals surface area contributed by atoms with Crippen molar-refractivity contribution in [3.63, 3.8) is 0 Å². The largest absolute Gasteiger partial charge is 0.372 e. The van der Waals surface area contributed by atoms with Gasteiger partial charge in [-0.25, -0.2) is 9.78 Å². The lowest BCUT2D eigenvalue weighted by Gasteiger charge is -2.36. The maximum Gasteiger partial charge on any atom is 0.319 e. The van der Waals surface area contributed by atoms with Crippen molar-refractivity contribution in [3.05, 3.63) is 18.3 Å². The third-order valence-electron chi connectivity index (χ3n) is 5.38. The van der Waals surface area contributed by atoms with Crippen LogP contribution in [0.4, 0.5) is 16.3 Å². The van der Waals surface area contributed by atoms with E-state index in [9.17, 15) is 4.79 Å². The smallest absolute Gasteiger partial charge is 0.319 e. The van der Waals surface area contributed by atoms with Gasteiger partial charge in [-0.3, -0.25) is 0 Å². The molecule has 2 aliphatic heterocycles. The minimum atomic E-state index is -0.168. The molecule has 7 heteroatoms. The van der Waals surface area contributed by atoms with Crippen LogP contribution < -0.4 is 15.5 Å². The molecule has 0 saturated carbocycles. The number of hydrogen-bond donors (Lipinski definition) is 2. The van der Waals surface area contributed by atoms with E-state index in [4.69, 9.17) is 4.74 Å². The van der Waals surface area contributed by atoms with E-state index in [2.05, 4.69) is 39.3 Å². The highest BCUT2D eigenvalue weighted by molar-refractivity contribution is 5.89. The summed E-state index contributed by atoms with van der Waals surface area (Å²) in [5.74, 6) is 0.922. The third kappa shape index (κ3) is 6.63. The van der Waals surface area contributed by atoms with E-state index in [1.54, 1.807) is 6.20 Å². The van der Waals surface area contributed by atoms with Gasteiger partial charge in [-0.2, -0.15) is 0 Å². The normalized spacial score (nSPS) is 23.9. The van der Waals surface area contributed by atoms with Crippen molar-refractivity contribution in [1.82, 2.24) is 15.2 Å². The maximum atomic E-state index is 12.1. The molecule has 1 aromatic heterocycles. The van der Waals surface area contributed by atoms with Crippen LogP contribution >= 0.6 is 0 Å². The fourth-order valence-electron chi connectivity index (χ4n) is 4.05. The molecule has 156 valence electrons. The molecule has 0 bridgehead atoms. The molecule has 2 saturated heterocycles. The van der Waals surface area contributed by atoms with Crippen LogP contribution in [-0.2, 0) is 4.74 Å². The van der Waals surface area contributed by atoms with Gasteiger partial charge in [0.25, 0.3) is 0 Å². The zero-order valence-corrected chi connectivity index (χ0v) is 17.3. The molecule has 2 N–H and O–H groups in total. The van der Waals surface area contributed by atoms with E-state index in [0.29, 0.717) is 12.2 Å². The summed E-state index contributed by atoms with van der Waals surface area (Å²) in [4.78, 5) is 21.4. The van der Waals surface area contributed by atoms with Crippen molar-refractivity contribution in [2.24, 2.45) is 0 Å². The van der Waals surface area contributed by atoms with Crippen LogP contribution in [0.1, 0.15) is 46.0 Å². The quantitative estimate of drug-likeness (QED) is 0.732. The highest BCUT2D eigenvalue weighted by Crippen LogP contribution is 2.19. The Morgan fingerprint density at radius 3 is 2.50 bits per heavy atom. The number of aromatic nitrogens is 1. The van der Waals surface area contributed by atoms with Gasteiger partial charge in [0.05, 0.1) is 24.1 Å². The van der Waals surface area contributed by atoms with Crippen LogP contribution in [0, 0.1) is 0 Å². The van der Waals surface area contributed by atoms with Crippen molar-refractivity contribution >= 4 is 17.5 Å². The first-order chi connectivity index (χ1) is 13.6. The standard InChI is InChI=1S/C21H35N5O2/c1-17-15-26(16-18(2)28-17)20-9-8-19(14-23-20)24-21(27)22-10-7-13-25-11-5-3-4-6-12-25/h8-9,14,17-18H,3-7,10-13,15-16H2,1-2H3,(H2,22,24,27). The molecular weight excluding hydrogens is 354 g/mol. The average Bonchev–Trinajstić information content (AvgIpc) is 2.94. The first-order valence-electron chi connectivity index (χ1n) is 10.7. The van der Waals surface area contributed by atoms with Gasteiger partial charge in [-0.1, -0.05) is 12.8 Å². The van der Waals surface area contributed by atoms with Gasteiger partial charge in [0.15, 0.2) is 0 Å². The minimum Gasteiger partial charge on any atom is -0.372 e. The number of rotatable bonds is 6. The van der Waals surface area contributed by atoms with Gasteiger partial charge in [0.1, 0.15) is 5.82 Å². The topological polar surface area (TPSA) is 69.7 Å². The fraction of sp³-hybridized carbons (Fsp3) is 0.714. The highest BCUT2D eigenvalue weighted by atomic mass is 16.5. The molecule has 2 aliphatic rings. The lowest BCUT2D eigenvalue weighted by Crippen LogP contribution is -2.45. The number of nitrogens with one attached hydrogen (secondary N) is 2. The molecule has 0 radical (unpaired) electrons. The molecule has 2 fully saturated rings. The highest BCUT2D eigenvalue weighted by Gasteiger charge is 2.23. The van der Waals surface area contributed by atoms with Crippen molar-refractivity contribution in [3.8, 4) is 0 Å². The summed E-state index contributed by atoms with van der Waals surface area (Å²) < 4.78 is 5.77. The number of carbonyl (C=O) groups excluding carboxylic acids is 1. The monoisotopic (exact) mass is 389 g/mol. The number of nitrogens with zero attached hydrogens (tertiary/aromatic N) is 3. The molecule has 1 aromatic rings. The molecule has 0 spiro atoms. The molecule has 2 atom stereocenters. The summed E-state index contributed by atoms with van der Waals surface area (Å²) >= 11 is 0. The van der Waals surface area contributed by atoms with Crippen LogP contribution in [0.25, 0.3) is 0 Å². The summed E-state index contributed by atoms with van der Waals surface area (Å²) in [6.07, 6.45) is 8.42. The minimum absolute atomic E-state index is 0.168. The number of amides is 2. The summed E-state index contributed by atoms with van der Waals surface area (Å²) in [5.41, 5.74) is 0.711. The maximum absolute atomic E-state index is 12.1. The van der Waals surface area contributed by atoms with E-state index in [1.165, 1.54) is 38.8 Å². The number of carbonyl (C=O) groups is 1. The molecule has 3 heterocycles. The van der Waals surface area contributed by atoms with Gasteiger partial charge in [0.2, 0.25) is 0 Å². The van der Waals surface area contributed by atoms with E-state index < -0.39 is 0 Å². The number of morpholine rings is 1. The first kappa shape index (κ1) is 20.9. The third-order valence-corrected chi connectivity index (χ3v) is 5.38. The van der Waals surface area contributed by atoms with Crippen LogP contribution in [0.5, 0.6) is 0 Å². The fourth-order valence-corrected chi connectivity index (χ4v) is 4.05. The number of anilines is 2. The molecule has 0 aromatic carbocycles. The average molecular weight is 390 g/mol. The molecule has 3 rings (SSSR count). The van der Waals surface area contributed by atoms with E-state index in [1.807, 2.05) is 12.1 Å². The second kappa shape index (κ2) is 10.6. The molecular formula is C21H35N5O2. The molecule has 2 amide bonds. The van der Waals surface area contributed by atoms with Crippen molar-refractivity contribution < 1.29 is 9.53 Å². The predicted molar refractivity (Wildman–Crippen MR) is 113 cm³/mol. The van der Waals surface area contributed by atoms with E-state index in [0.717, 1.165) is 31.9 Å². The second-order valence-electron chi connectivity index (χ2n) is 8.06. The zero-order valence-electron chi connectivity index (χ0n) is 17.3. The Bertz CT molecular complexity index is 591. The number of likely N-dealkylation sites (tertiary alicyclic amines) is 1. The molecule has 7 nitrogen and oxygen atoms in total. The van der Waals surface area contributed by atoms with Gasteiger partial charge >= 0.3 is 6.03 Å². The van der Waals surface area contributed by atoms with Gasteiger partial charge in [-0.15, -0.1) is 0 Å². The van der Waals surface area contributed by atoms with Crippen molar-refractivity contribution in [2.75, 3.05) is 49.5 Å². The van der Waals surface area contributed by atoms with Gasteiger partial charge in [-0.05, 0) is 64.9 Å². The number of pyridine rings is 1. The van der Waals surface area contributed by atoms with Crippen LogP contribution in [0.15, 0.2) is 18.3 Å². The Morgan fingerprint density at radius 2 is 1.86 bits per heavy atom. The lowest BCUT2D eigenvalue weighted by molar-refractivity contribution is -0.00545. The Kier molecular flexibility index (Phi) is 7.91. The molecule has 0 aliphatic carbocycles. The SMILES string of the molecule is CC1CN(c2ccc(NC(=O)NCCCN3CCCCCC3)cn2)CC(C)O1. The number of hydrogen-bond acceptors (Lipinski definition) is 5. The van der Waals surface area contributed by atoms with E-state index >= 15 is 0 Å². The second-order valence-corrected chi connectivity index (χ2v) is 8.06. The summed E-state index contributed by atoms with van der Waals surface area (Å²) in [7, 11) is 0. The lowest BCUT2D eigenvalue weighted by atomic mass is 10.2. The predicted octanol–water partition coefficient (Wildman–Crippen LogP) is 3.08. The number of urea groups is 1. The number of ether oxygens (including phenoxy) is 1. The zero-order chi connectivity index (χ0) is 19.8. The van der Waals surface area contributed by atoms with Crippen molar-refractivity contribution in [2.45, 2.75) is 58.2 Å². The Hall–Kier alpha value is -1.86. The van der Waals surface area contributed by atoms with Crippen molar-refractivity contribution in [1.29, 1.82) is 0 Å². The molecule has 2 unspecified atom stereocenters. The van der Waals surface area contributed by atoms with Crippen LogP contribution in [0.2, 0.25) is 0 Å². The van der Waals surface area contributed by atoms with Gasteiger partial charge < -0.3 is 25.2 Å². The van der Waals surface area contributed by atoms with E-state index in [-0.39, 0.29) is 18.2 Å². The Balaban J connectivity index is 1.37. The summed E-state index contributed by atoms with van der Waals surface area (Å²) in [5, 5.41) is 5.81.